The molecule has 4 heteroatoms. The Bertz CT molecular complexity index is 740. The molecule has 0 spiro atoms. The predicted octanol–water partition coefficient (Wildman–Crippen LogP) is 2.97. The Labute approximate surface area is 100 Å². The van der Waals surface area contributed by atoms with E-state index >= 15 is 0 Å². The van der Waals surface area contributed by atoms with Gasteiger partial charge in [-0.3, -0.25) is 4.98 Å². The van der Waals surface area contributed by atoms with Crippen molar-refractivity contribution in [3.63, 3.8) is 0 Å². The molecule has 0 radical (unpaired) electrons. The van der Waals surface area contributed by atoms with Crippen LogP contribution in [0.15, 0.2) is 53.6 Å². The third-order valence-corrected chi connectivity index (χ3v) is 3.48. The lowest BCUT2D eigenvalue weighted by Gasteiger charge is -2.06. The third-order valence-electron chi connectivity index (χ3n) is 2.77. The van der Waals surface area contributed by atoms with Crippen molar-refractivity contribution >= 4 is 32.8 Å². The minimum Gasteiger partial charge on any atom is -0.302 e. The largest absolute Gasteiger partial charge is 0.302 e. The van der Waals surface area contributed by atoms with Gasteiger partial charge in [0.25, 0.3) is 0 Å². The quantitative estimate of drug-likeness (QED) is 0.528. The molecule has 2 aromatic carbocycles. The van der Waals surface area contributed by atoms with Crippen molar-refractivity contribution in [3.8, 4) is 0 Å². The smallest absolute Gasteiger partial charge is 0.187 e. The van der Waals surface area contributed by atoms with Crippen LogP contribution in [0.4, 0.5) is 0 Å². The van der Waals surface area contributed by atoms with Crippen LogP contribution in [0.5, 0.6) is 0 Å². The number of rotatable bonds is 1. The summed E-state index contributed by atoms with van der Waals surface area (Å²) in [5.41, 5.74) is 0.739. The Kier molecular flexibility index (Phi) is 2.39. The van der Waals surface area contributed by atoms with Crippen LogP contribution < -0.4 is 0 Å². The number of pyridine rings is 1. The molecule has 3 aromatic rings. The summed E-state index contributed by atoms with van der Waals surface area (Å²) < 4.78 is 20.7. The molecule has 0 fully saturated rings. The van der Waals surface area contributed by atoms with E-state index in [1.165, 1.54) is 0 Å². The molecule has 1 heterocycles. The molecule has 0 saturated carbocycles. The van der Waals surface area contributed by atoms with Crippen LogP contribution in [-0.2, 0) is 11.1 Å². The van der Waals surface area contributed by atoms with E-state index in [2.05, 4.69) is 4.98 Å². The zero-order valence-corrected chi connectivity index (χ0v) is 9.65. The highest BCUT2D eigenvalue weighted by Gasteiger charge is 2.09. The number of benzene rings is 2. The molecule has 84 valence electrons. The van der Waals surface area contributed by atoms with Crippen molar-refractivity contribution < 1.29 is 8.76 Å². The van der Waals surface area contributed by atoms with E-state index in [9.17, 15) is 8.76 Å². The number of fused-ring (bicyclic) bond motifs is 3. The molecule has 1 aromatic heterocycles. The van der Waals surface area contributed by atoms with Crippen LogP contribution in [0.1, 0.15) is 0 Å². The van der Waals surface area contributed by atoms with Gasteiger partial charge in [-0.1, -0.05) is 30.3 Å². The topological polar surface area (TPSA) is 50.2 Å². The SMILES string of the molecule is O=S(O)c1cccc2ncc3ccccc3c12. The van der Waals surface area contributed by atoms with Crippen LogP contribution in [0, 0.1) is 0 Å². The maximum atomic E-state index is 11.3. The van der Waals surface area contributed by atoms with Gasteiger partial charge < -0.3 is 4.55 Å². The standard InChI is InChI=1S/C13H9NO2S/c15-17(16)12-7-3-6-11-13(12)10-5-2-1-4-9(10)8-14-11/h1-8H,(H,15,16). The van der Waals surface area contributed by atoms with E-state index in [4.69, 9.17) is 0 Å². The average Bonchev–Trinajstić information content (AvgIpc) is 2.37. The van der Waals surface area contributed by atoms with E-state index in [1.807, 2.05) is 30.3 Å². The second-order valence-corrected chi connectivity index (χ2v) is 4.68. The van der Waals surface area contributed by atoms with E-state index in [0.29, 0.717) is 4.90 Å². The fourth-order valence-corrected chi connectivity index (χ4v) is 2.60. The maximum absolute atomic E-state index is 11.3. The summed E-state index contributed by atoms with van der Waals surface area (Å²) in [6, 6.07) is 13.0. The molecule has 3 rings (SSSR count). The van der Waals surface area contributed by atoms with E-state index in [-0.39, 0.29) is 0 Å². The first-order valence-electron chi connectivity index (χ1n) is 5.15. The van der Waals surface area contributed by atoms with Gasteiger partial charge in [-0.2, -0.15) is 0 Å². The maximum Gasteiger partial charge on any atom is 0.187 e. The number of hydrogen-bond acceptors (Lipinski definition) is 2. The summed E-state index contributed by atoms with van der Waals surface area (Å²) in [4.78, 5) is 4.72. The Morgan fingerprint density at radius 1 is 1.06 bits per heavy atom. The zero-order chi connectivity index (χ0) is 11.8. The summed E-state index contributed by atoms with van der Waals surface area (Å²) in [6.45, 7) is 0. The van der Waals surface area contributed by atoms with Gasteiger partial charge in [0.15, 0.2) is 11.1 Å². The van der Waals surface area contributed by atoms with Crippen molar-refractivity contribution in [1.82, 2.24) is 4.98 Å². The molecule has 0 amide bonds. The fourth-order valence-electron chi connectivity index (χ4n) is 2.02. The molecule has 0 aliphatic rings. The number of hydrogen-bond donors (Lipinski definition) is 1. The molecule has 0 aliphatic heterocycles. The highest BCUT2D eigenvalue weighted by atomic mass is 32.2. The van der Waals surface area contributed by atoms with Crippen molar-refractivity contribution in [2.24, 2.45) is 0 Å². The lowest BCUT2D eigenvalue weighted by Crippen LogP contribution is -1.92. The number of aromatic nitrogens is 1. The van der Waals surface area contributed by atoms with Crippen molar-refractivity contribution in [3.05, 3.63) is 48.7 Å². The van der Waals surface area contributed by atoms with Gasteiger partial charge in [0.05, 0.1) is 10.4 Å². The Balaban J connectivity index is 2.59. The molecular formula is C13H9NO2S. The Morgan fingerprint density at radius 2 is 1.88 bits per heavy atom. The van der Waals surface area contributed by atoms with Crippen molar-refractivity contribution in [2.75, 3.05) is 0 Å². The first kappa shape index (κ1) is 10.4. The average molecular weight is 243 g/mol. The molecule has 1 atom stereocenters. The zero-order valence-electron chi connectivity index (χ0n) is 8.83. The normalized spacial score (nSPS) is 13.0. The van der Waals surface area contributed by atoms with Crippen LogP contribution in [0.3, 0.4) is 0 Å². The van der Waals surface area contributed by atoms with E-state index in [0.717, 1.165) is 21.7 Å². The van der Waals surface area contributed by atoms with Crippen LogP contribution in [0.2, 0.25) is 0 Å². The summed E-state index contributed by atoms with van der Waals surface area (Å²) in [5, 5.41) is 2.68. The van der Waals surface area contributed by atoms with Gasteiger partial charge in [-0.15, -0.1) is 0 Å². The first-order valence-corrected chi connectivity index (χ1v) is 6.25. The molecule has 1 N–H and O–H groups in total. The molecule has 1 unspecified atom stereocenters. The molecule has 0 saturated heterocycles. The van der Waals surface area contributed by atoms with Gasteiger partial charge >= 0.3 is 0 Å². The van der Waals surface area contributed by atoms with Gasteiger partial charge in [0, 0.05) is 17.0 Å². The monoisotopic (exact) mass is 243 g/mol. The third kappa shape index (κ3) is 1.62. The predicted molar refractivity (Wildman–Crippen MR) is 68.3 cm³/mol. The number of nitrogens with zero attached hydrogens (tertiary/aromatic N) is 1. The highest BCUT2D eigenvalue weighted by molar-refractivity contribution is 7.79. The van der Waals surface area contributed by atoms with Crippen molar-refractivity contribution in [1.29, 1.82) is 0 Å². The fraction of sp³-hybridized carbons (Fsp3) is 0. The van der Waals surface area contributed by atoms with Crippen molar-refractivity contribution in [2.45, 2.75) is 4.90 Å². The second kappa shape index (κ2) is 3.91. The summed E-state index contributed by atoms with van der Waals surface area (Å²) in [5.74, 6) is 0. The minimum absolute atomic E-state index is 0.409. The second-order valence-electron chi connectivity index (χ2n) is 3.74. The van der Waals surface area contributed by atoms with E-state index < -0.39 is 11.1 Å². The first-order chi connectivity index (χ1) is 8.27. The summed E-state index contributed by atoms with van der Waals surface area (Å²) in [7, 11) is 0. The lowest BCUT2D eigenvalue weighted by atomic mass is 10.1. The van der Waals surface area contributed by atoms with Crippen LogP contribution >= 0.6 is 0 Å². The van der Waals surface area contributed by atoms with Gasteiger partial charge in [0.1, 0.15) is 0 Å². The highest BCUT2D eigenvalue weighted by Crippen LogP contribution is 2.27. The minimum atomic E-state index is -2.00. The lowest BCUT2D eigenvalue weighted by molar-refractivity contribution is 0.565. The van der Waals surface area contributed by atoms with Gasteiger partial charge in [0.2, 0.25) is 0 Å². The van der Waals surface area contributed by atoms with Crippen LogP contribution in [0.25, 0.3) is 21.7 Å². The van der Waals surface area contributed by atoms with Crippen LogP contribution in [-0.4, -0.2) is 13.7 Å². The molecule has 0 aliphatic carbocycles. The molecule has 3 nitrogen and oxygen atoms in total. The Morgan fingerprint density at radius 3 is 2.71 bits per heavy atom. The van der Waals surface area contributed by atoms with E-state index in [1.54, 1.807) is 18.3 Å². The Hall–Kier alpha value is -1.78. The molecular weight excluding hydrogens is 234 g/mol. The molecule has 0 bridgehead atoms. The summed E-state index contributed by atoms with van der Waals surface area (Å²) in [6.07, 6.45) is 1.78. The molecule has 17 heavy (non-hydrogen) atoms. The van der Waals surface area contributed by atoms with Gasteiger partial charge in [-0.25, -0.2) is 4.21 Å². The summed E-state index contributed by atoms with van der Waals surface area (Å²) >= 11 is -2.00. The van der Waals surface area contributed by atoms with Gasteiger partial charge in [-0.05, 0) is 17.5 Å².